The minimum Gasteiger partial charge on any atom is -0.481 e. The standard InChI is InChI=1S/C15H16FNO3/c16-13-6-2-1-4-11(13)7-8-14(18)17-9-3-5-12(10-17)15(19)20/h1-2,4,6-8,12H,3,5,9-10H2,(H,19,20). The number of piperidine rings is 1. The molecule has 0 radical (unpaired) electrons. The summed E-state index contributed by atoms with van der Waals surface area (Å²) in [6.45, 7) is 0.764. The minimum atomic E-state index is -0.874. The third-order valence-corrected chi connectivity index (χ3v) is 3.39. The highest BCUT2D eigenvalue weighted by Crippen LogP contribution is 2.17. The SMILES string of the molecule is O=C(O)C1CCCN(C(=O)C=Cc2ccccc2F)C1. The first kappa shape index (κ1) is 14.2. The van der Waals surface area contributed by atoms with Crippen molar-refractivity contribution in [3.8, 4) is 0 Å². The molecular formula is C15H16FNO3. The van der Waals surface area contributed by atoms with Crippen molar-refractivity contribution in [1.29, 1.82) is 0 Å². The summed E-state index contributed by atoms with van der Waals surface area (Å²) >= 11 is 0. The Morgan fingerprint density at radius 3 is 2.80 bits per heavy atom. The third kappa shape index (κ3) is 3.44. The number of halogens is 1. The van der Waals surface area contributed by atoms with E-state index in [0.29, 0.717) is 24.9 Å². The zero-order chi connectivity index (χ0) is 14.5. The van der Waals surface area contributed by atoms with Gasteiger partial charge in [-0.2, -0.15) is 0 Å². The van der Waals surface area contributed by atoms with E-state index >= 15 is 0 Å². The smallest absolute Gasteiger partial charge is 0.308 e. The van der Waals surface area contributed by atoms with Gasteiger partial charge in [-0.3, -0.25) is 9.59 Å². The number of hydrogen-bond donors (Lipinski definition) is 1. The predicted octanol–water partition coefficient (Wildman–Crippen LogP) is 2.16. The Morgan fingerprint density at radius 1 is 1.35 bits per heavy atom. The van der Waals surface area contributed by atoms with Crippen LogP contribution in [0.4, 0.5) is 4.39 Å². The zero-order valence-corrected chi connectivity index (χ0v) is 11.0. The summed E-state index contributed by atoms with van der Waals surface area (Å²) in [7, 11) is 0. The lowest BCUT2D eigenvalue weighted by Gasteiger charge is -2.29. The van der Waals surface area contributed by atoms with Crippen molar-refractivity contribution in [2.24, 2.45) is 5.92 Å². The number of carboxylic acids is 1. The second-order valence-corrected chi connectivity index (χ2v) is 4.82. The highest BCUT2D eigenvalue weighted by molar-refractivity contribution is 5.92. The second kappa shape index (κ2) is 6.32. The summed E-state index contributed by atoms with van der Waals surface area (Å²) in [4.78, 5) is 24.4. The Kier molecular flexibility index (Phi) is 4.50. The van der Waals surface area contributed by atoms with Gasteiger partial charge in [-0.25, -0.2) is 4.39 Å². The average Bonchev–Trinajstić information content (AvgIpc) is 2.46. The van der Waals surface area contributed by atoms with Crippen molar-refractivity contribution in [2.75, 3.05) is 13.1 Å². The lowest BCUT2D eigenvalue weighted by atomic mass is 9.98. The van der Waals surface area contributed by atoms with Crippen LogP contribution in [0.5, 0.6) is 0 Å². The first-order chi connectivity index (χ1) is 9.58. The maximum absolute atomic E-state index is 13.4. The maximum Gasteiger partial charge on any atom is 0.308 e. The monoisotopic (exact) mass is 277 g/mol. The lowest BCUT2D eigenvalue weighted by molar-refractivity contribution is -0.144. The second-order valence-electron chi connectivity index (χ2n) is 4.82. The van der Waals surface area contributed by atoms with Crippen LogP contribution in [0, 0.1) is 11.7 Å². The van der Waals surface area contributed by atoms with E-state index in [-0.39, 0.29) is 12.5 Å². The number of hydrogen-bond acceptors (Lipinski definition) is 2. The zero-order valence-electron chi connectivity index (χ0n) is 11.0. The van der Waals surface area contributed by atoms with Crippen LogP contribution < -0.4 is 0 Å². The highest BCUT2D eigenvalue weighted by Gasteiger charge is 2.27. The number of carbonyl (C=O) groups excluding carboxylic acids is 1. The summed E-state index contributed by atoms with van der Waals surface area (Å²) in [5.41, 5.74) is 0.340. The van der Waals surface area contributed by atoms with Crippen LogP contribution in [0.1, 0.15) is 18.4 Å². The van der Waals surface area contributed by atoms with Crippen LogP contribution in [0.3, 0.4) is 0 Å². The van der Waals surface area contributed by atoms with Gasteiger partial charge in [-0.15, -0.1) is 0 Å². The number of aliphatic carboxylic acids is 1. The summed E-state index contributed by atoms with van der Waals surface area (Å²) < 4.78 is 13.4. The molecular weight excluding hydrogens is 261 g/mol. The topological polar surface area (TPSA) is 57.6 Å². The van der Waals surface area contributed by atoms with E-state index in [4.69, 9.17) is 5.11 Å². The molecule has 1 fully saturated rings. The molecule has 1 atom stereocenters. The molecule has 1 amide bonds. The predicted molar refractivity (Wildman–Crippen MR) is 72.4 cm³/mol. The normalized spacial score (nSPS) is 19.2. The Bertz CT molecular complexity index is 542. The Hall–Kier alpha value is -2.17. The Balaban J connectivity index is 2.01. The largest absolute Gasteiger partial charge is 0.481 e. The summed E-state index contributed by atoms with van der Waals surface area (Å²) in [6, 6.07) is 6.17. The fourth-order valence-electron chi connectivity index (χ4n) is 2.26. The fourth-order valence-corrected chi connectivity index (χ4v) is 2.26. The van der Waals surface area contributed by atoms with Crippen LogP contribution in [0.2, 0.25) is 0 Å². The maximum atomic E-state index is 13.4. The quantitative estimate of drug-likeness (QED) is 0.861. The van der Waals surface area contributed by atoms with Gasteiger partial charge in [0.05, 0.1) is 5.92 Å². The van der Waals surface area contributed by atoms with E-state index < -0.39 is 17.7 Å². The van der Waals surface area contributed by atoms with Crippen LogP contribution >= 0.6 is 0 Å². The van der Waals surface area contributed by atoms with Crippen molar-refractivity contribution in [1.82, 2.24) is 4.90 Å². The first-order valence-corrected chi connectivity index (χ1v) is 6.52. The molecule has 1 aliphatic rings. The van der Waals surface area contributed by atoms with Crippen LogP contribution in [-0.2, 0) is 9.59 Å². The van der Waals surface area contributed by atoms with E-state index in [2.05, 4.69) is 0 Å². The van der Waals surface area contributed by atoms with Crippen molar-refractivity contribution in [3.63, 3.8) is 0 Å². The van der Waals surface area contributed by atoms with E-state index in [1.165, 1.54) is 23.1 Å². The van der Waals surface area contributed by atoms with E-state index in [1.807, 2.05) is 0 Å². The van der Waals surface area contributed by atoms with Gasteiger partial charge < -0.3 is 10.0 Å². The summed E-state index contributed by atoms with van der Waals surface area (Å²) in [6.07, 6.45) is 3.98. The summed E-state index contributed by atoms with van der Waals surface area (Å²) in [5.74, 6) is -2.05. The van der Waals surface area contributed by atoms with Crippen LogP contribution in [0.15, 0.2) is 30.3 Å². The van der Waals surface area contributed by atoms with Crippen molar-refractivity contribution in [3.05, 3.63) is 41.7 Å². The molecule has 106 valence electrons. The molecule has 0 spiro atoms. The molecule has 2 rings (SSSR count). The Labute approximate surface area is 116 Å². The van der Waals surface area contributed by atoms with Crippen LogP contribution in [-0.4, -0.2) is 35.0 Å². The van der Waals surface area contributed by atoms with Gasteiger partial charge in [0, 0.05) is 24.7 Å². The Morgan fingerprint density at radius 2 is 2.10 bits per heavy atom. The molecule has 0 saturated carbocycles. The minimum absolute atomic E-state index is 0.218. The molecule has 0 aromatic heterocycles. The molecule has 1 aromatic carbocycles. The molecule has 1 saturated heterocycles. The third-order valence-electron chi connectivity index (χ3n) is 3.39. The molecule has 1 aliphatic heterocycles. The van der Waals surface area contributed by atoms with E-state index in [0.717, 1.165) is 0 Å². The van der Waals surface area contributed by atoms with Crippen LogP contribution in [0.25, 0.3) is 6.08 Å². The average molecular weight is 277 g/mol. The molecule has 1 aromatic rings. The number of carboxylic acid groups (broad SMARTS) is 1. The number of likely N-dealkylation sites (tertiary alicyclic amines) is 1. The molecule has 20 heavy (non-hydrogen) atoms. The number of rotatable bonds is 3. The fraction of sp³-hybridized carbons (Fsp3) is 0.333. The van der Waals surface area contributed by atoms with Gasteiger partial charge in [-0.1, -0.05) is 18.2 Å². The molecule has 0 bridgehead atoms. The number of amides is 1. The van der Waals surface area contributed by atoms with Gasteiger partial charge in [-0.05, 0) is 25.0 Å². The van der Waals surface area contributed by atoms with E-state index in [9.17, 15) is 14.0 Å². The van der Waals surface area contributed by atoms with Gasteiger partial charge in [0.2, 0.25) is 5.91 Å². The molecule has 0 aliphatic carbocycles. The van der Waals surface area contributed by atoms with Crippen molar-refractivity contribution < 1.29 is 19.1 Å². The number of benzene rings is 1. The molecule has 1 unspecified atom stereocenters. The van der Waals surface area contributed by atoms with Crippen molar-refractivity contribution in [2.45, 2.75) is 12.8 Å². The molecule has 1 heterocycles. The summed E-state index contributed by atoms with van der Waals surface area (Å²) in [5, 5.41) is 8.98. The van der Waals surface area contributed by atoms with Gasteiger partial charge in [0.15, 0.2) is 0 Å². The van der Waals surface area contributed by atoms with Gasteiger partial charge in [0.25, 0.3) is 0 Å². The molecule has 4 nitrogen and oxygen atoms in total. The number of carbonyl (C=O) groups is 2. The van der Waals surface area contributed by atoms with Crippen molar-refractivity contribution >= 4 is 18.0 Å². The van der Waals surface area contributed by atoms with Gasteiger partial charge in [0.1, 0.15) is 5.82 Å². The lowest BCUT2D eigenvalue weighted by Crippen LogP contribution is -2.41. The first-order valence-electron chi connectivity index (χ1n) is 6.52. The molecule has 5 heteroatoms. The number of nitrogens with zero attached hydrogens (tertiary/aromatic N) is 1. The molecule has 1 N–H and O–H groups in total. The van der Waals surface area contributed by atoms with E-state index in [1.54, 1.807) is 18.2 Å². The highest BCUT2D eigenvalue weighted by atomic mass is 19.1. The van der Waals surface area contributed by atoms with Gasteiger partial charge >= 0.3 is 5.97 Å².